The van der Waals surface area contributed by atoms with Gasteiger partial charge in [-0.1, -0.05) is 29.8 Å². The smallest absolute Gasteiger partial charge is 0.0835 e. The fraction of sp³-hybridized carbons (Fsp3) is 0.0833. The Labute approximate surface area is 124 Å². The maximum atomic E-state index is 6.14. The summed E-state index contributed by atoms with van der Waals surface area (Å²) in [5.41, 5.74) is 1.82. The van der Waals surface area contributed by atoms with Crippen LogP contribution in [0.3, 0.4) is 0 Å². The Morgan fingerprint density at radius 2 is 2.17 bits per heavy atom. The van der Waals surface area contributed by atoms with Crippen LogP contribution in [0.4, 0.5) is 5.69 Å². The molecule has 2 rings (SSSR count). The molecule has 3 nitrogen and oxygen atoms in total. The van der Waals surface area contributed by atoms with Crippen LogP contribution in [0.1, 0.15) is 5.56 Å². The van der Waals surface area contributed by atoms with Gasteiger partial charge in [-0.25, -0.2) is 4.68 Å². The number of anilines is 1. The molecule has 0 radical (unpaired) electrons. The maximum Gasteiger partial charge on any atom is 0.0835 e. The van der Waals surface area contributed by atoms with Crippen molar-refractivity contribution < 1.29 is 0 Å². The fourth-order valence-electron chi connectivity index (χ4n) is 1.43. The third-order valence-electron chi connectivity index (χ3n) is 2.36. The molecule has 0 unspecified atom stereocenters. The average molecular weight is 347 g/mol. The summed E-state index contributed by atoms with van der Waals surface area (Å²) in [7, 11) is 0. The lowest BCUT2D eigenvalue weighted by atomic mass is 10.3. The Hall–Kier alpha value is -0.970. The summed E-state index contributed by atoms with van der Waals surface area (Å²) >= 11 is 15.5. The number of hydrogen-bond acceptors (Lipinski definition) is 2. The highest BCUT2D eigenvalue weighted by atomic mass is 79.9. The van der Waals surface area contributed by atoms with E-state index >= 15 is 0 Å². The van der Waals surface area contributed by atoms with E-state index < -0.39 is 0 Å². The summed E-state index contributed by atoms with van der Waals surface area (Å²) in [4.78, 5) is 0. The molecule has 0 saturated heterocycles. The van der Waals surface area contributed by atoms with Gasteiger partial charge in [-0.2, -0.15) is 5.10 Å². The highest BCUT2D eigenvalue weighted by Crippen LogP contribution is 2.35. The Balaban J connectivity index is 2.10. The molecule has 0 saturated carbocycles. The van der Waals surface area contributed by atoms with Gasteiger partial charge in [-0.3, -0.25) is 0 Å². The molecule has 94 valence electrons. The Morgan fingerprint density at radius 1 is 1.39 bits per heavy atom. The minimum Gasteiger partial charge on any atom is -0.380 e. The summed E-state index contributed by atoms with van der Waals surface area (Å²) in [6, 6.07) is 3.72. The highest BCUT2D eigenvalue weighted by Gasteiger charge is 2.08. The van der Waals surface area contributed by atoms with E-state index in [0.29, 0.717) is 16.6 Å². The second-order valence-corrected chi connectivity index (χ2v) is 5.20. The van der Waals surface area contributed by atoms with Gasteiger partial charge in [0, 0.05) is 29.0 Å². The van der Waals surface area contributed by atoms with Crippen LogP contribution < -0.4 is 5.32 Å². The second-order valence-electron chi connectivity index (χ2n) is 3.59. The molecule has 1 aromatic heterocycles. The summed E-state index contributed by atoms with van der Waals surface area (Å²) in [6.07, 6.45) is 5.28. The summed E-state index contributed by atoms with van der Waals surface area (Å²) < 4.78 is 2.42. The van der Waals surface area contributed by atoms with E-state index in [4.69, 9.17) is 23.2 Å². The first kappa shape index (κ1) is 13.5. The summed E-state index contributed by atoms with van der Waals surface area (Å²) in [5.74, 6) is 0. The van der Waals surface area contributed by atoms with E-state index in [1.54, 1.807) is 17.1 Å². The molecule has 0 aliphatic carbocycles. The zero-order chi connectivity index (χ0) is 13.1. The van der Waals surface area contributed by atoms with Crippen LogP contribution in [0, 0.1) is 0 Å². The predicted molar refractivity (Wildman–Crippen MR) is 80.1 cm³/mol. The van der Waals surface area contributed by atoms with Gasteiger partial charge in [-0.15, -0.1) is 0 Å². The third-order valence-corrected chi connectivity index (χ3v) is 4.13. The van der Waals surface area contributed by atoms with Crippen molar-refractivity contribution in [1.82, 2.24) is 9.78 Å². The van der Waals surface area contributed by atoms with Gasteiger partial charge < -0.3 is 5.32 Å². The summed E-state index contributed by atoms with van der Waals surface area (Å²) in [6.45, 7) is 4.25. The Kier molecular flexibility index (Phi) is 4.32. The first-order valence-corrected chi connectivity index (χ1v) is 6.69. The van der Waals surface area contributed by atoms with Crippen LogP contribution in [0.5, 0.6) is 0 Å². The van der Waals surface area contributed by atoms with Gasteiger partial charge >= 0.3 is 0 Å². The maximum absolute atomic E-state index is 6.14. The summed E-state index contributed by atoms with van der Waals surface area (Å²) in [5, 5.41) is 8.31. The normalized spacial score (nSPS) is 10.4. The minimum atomic E-state index is 0.502. The van der Waals surface area contributed by atoms with E-state index in [1.165, 1.54) is 0 Å². The lowest BCUT2D eigenvalue weighted by Gasteiger charge is -2.09. The highest BCUT2D eigenvalue weighted by molar-refractivity contribution is 9.10. The van der Waals surface area contributed by atoms with Crippen molar-refractivity contribution in [3.8, 4) is 0 Å². The standard InChI is InChI=1S/C12H10BrCl2N3/c1-2-18-7-8(6-17-18)5-16-10-4-3-9(13)11(14)12(10)15/h2-4,6-7,16H,1,5H2. The molecule has 1 aromatic carbocycles. The first-order chi connectivity index (χ1) is 8.61. The van der Waals surface area contributed by atoms with E-state index in [0.717, 1.165) is 15.7 Å². The van der Waals surface area contributed by atoms with E-state index in [2.05, 4.69) is 32.9 Å². The molecule has 0 aliphatic rings. The van der Waals surface area contributed by atoms with Crippen molar-refractivity contribution in [2.75, 3.05) is 5.32 Å². The van der Waals surface area contributed by atoms with Crippen LogP contribution in [-0.4, -0.2) is 9.78 Å². The van der Waals surface area contributed by atoms with Gasteiger partial charge in [0.15, 0.2) is 0 Å². The molecular weight excluding hydrogens is 337 g/mol. The molecule has 6 heteroatoms. The zero-order valence-corrected chi connectivity index (χ0v) is 12.4. The predicted octanol–water partition coefficient (Wildman–Crippen LogP) is 4.67. The van der Waals surface area contributed by atoms with Crippen LogP contribution in [0.2, 0.25) is 10.0 Å². The Morgan fingerprint density at radius 3 is 2.83 bits per heavy atom. The number of benzene rings is 1. The monoisotopic (exact) mass is 345 g/mol. The molecule has 0 atom stereocenters. The van der Waals surface area contributed by atoms with Crippen molar-refractivity contribution in [1.29, 1.82) is 0 Å². The van der Waals surface area contributed by atoms with Crippen LogP contribution in [0.25, 0.3) is 6.20 Å². The number of rotatable bonds is 4. The molecule has 2 aromatic rings. The van der Waals surface area contributed by atoms with Crippen molar-refractivity contribution >= 4 is 51.0 Å². The molecule has 18 heavy (non-hydrogen) atoms. The van der Waals surface area contributed by atoms with Crippen molar-refractivity contribution in [2.24, 2.45) is 0 Å². The van der Waals surface area contributed by atoms with Crippen LogP contribution >= 0.6 is 39.1 Å². The van der Waals surface area contributed by atoms with Gasteiger partial charge in [0.25, 0.3) is 0 Å². The fourth-order valence-corrected chi connectivity index (χ4v) is 2.27. The number of halogens is 3. The van der Waals surface area contributed by atoms with Crippen LogP contribution in [-0.2, 0) is 6.54 Å². The quantitative estimate of drug-likeness (QED) is 0.815. The zero-order valence-electron chi connectivity index (χ0n) is 9.33. The number of aromatic nitrogens is 2. The van der Waals surface area contributed by atoms with Gasteiger partial charge in [0.2, 0.25) is 0 Å². The van der Waals surface area contributed by atoms with Crippen molar-refractivity contribution in [2.45, 2.75) is 6.54 Å². The molecule has 0 fully saturated rings. The lowest BCUT2D eigenvalue weighted by molar-refractivity contribution is 0.936. The third kappa shape index (κ3) is 2.88. The molecular formula is C12H10BrCl2N3. The molecule has 0 spiro atoms. The lowest BCUT2D eigenvalue weighted by Crippen LogP contribution is -1.99. The van der Waals surface area contributed by atoms with Crippen molar-refractivity contribution in [3.63, 3.8) is 0 Å². The van der Waals surface area contributed by atoms with Crippen LogP contribution in [0.15, 0.2) is 35.6 Å². The van der Waals surface area contributed by atoms with Crippen molar-refractivity contribution in [3.05, 3.63) is 51.2 Å². The first-order valence-electron chi connectivity index (χ1n) is 5.14. The number of hydrogen-bond donors (Lipinski definition) is 1. The van der Waals surface area contributed by atoms with Gasteiger partial charge in [0.05, 0.1) is 21.9 Å². The largest absolute Gasteiger partial charge is 0.380 e. The molecule has 1 N–H and O–H groups in total. The number of nitrogens with zero attached hydrogens (tertiary/aromatic N) is 2. The van der Waals surface area contributed by atoms with E-state index in [-0.39, 0.29) is 0 Å². The minimum absolute atomic E-state index is 0.502. The second kappa shape index (κ2) is 5.78. The van der Waals surface area contributed by atoms with Gasteiger partial charge in [0.1, 0.15) is 0 Å². The van der Waals surface area contributed by atoms with Gasteiger partial charge in [-0.05, 0) is 28.1 Å². The molecule has 1 heterocycles. The topological polar surface area (TPSA) is 29.9 Å². The SMILES string of the molecule is C=Cn1cc(CNc2ccc(Br)c(Cl)c2Cl)cn1. The number of nitrogens with one attached hydrogen (secondary N) is 1. The van der Waals surface area contributed by atoms with E-state index in [1.807, 2.05) is 18.3 Å². The molecule has 0 amide bonds. The molecule has 0 bridgehead atoms. The Bertz CT molecular complexity index is 581. The average Bonchev–Trinajstić information content (AvgIpc) is 2.83. The molecule has 0 aliphatic heterocycles. The van der Waals surface area contributed by atoms with E-state index in [9.17, 15) is 0 Å².